The van der Waals surface area contributed by atoms with Gasteiger partial charge in [0.05, 0.1) is 0 Å². The molecule has 0 aromatic heterocycles. The topological polar surface area (TPSA) is 38.0 Å². The Morgan fingerprint density at radius 1 is 1.50 bits per heavy atom. The van der Waals surface area contributed by atoms with Gasteiger partial charge in [0.25, 0.3) is 0 Å². The van der Waals surface area contributed by atoms with Crippen LogP contribution in [0.25, 0.3) is 0 Å². The third kappa shape index (κ3) is 1.42. The van der Waals surface area contributed by atoms with Crippen LogP contribution < -0.4 is 11.1 Å². The molecule has 8 heavy (non-hydrogen) atoms. The summed E-state index contributed by atoms with van der Waals surface area (Å²) in [4.78, 5) is 0. The maximum atomic E-state index is 12.3. The van der Waals surface area contributed by atoms with E-state index in [0.717, 1.165) is 6.54 Å². The molecular formula is C5H11FN2. The molecule has 1 heterocycles. The average molecular weight is 118 g/mol. The second-order valence-electron chi connectivity index (χ2n) is 2.25. The van der Waals surface area contributed by atoms with Gasteiger partial charge in [-0.3, -0.25) is 0 Å². The van der Waals surface area contributed by atoms with Crippen molar-refractivity contribution >= 4 is 0 Å². The predicted molar refractivity (Wildman–Crippen MR) is 30.4 cm³/mol. The van der Waals surface area contributed by atoms with Gasteiger partial charge in [0.15, 0.2) is 0 Å². The highest BCUT2D eigenvalue weighted by Gasteiger charge is 2.16. The largest absolute Gasteiger partial charge is 0.326 e. The van der Waals surface area contributed by atoms with Gasteiger partial charge in [0, 0.05) is 19.1 Å². The number of alkyl halides is 1. The molecule has 0 saturated carbocycles. The number of rotatable bonds is 0. The Hall–Kier alpha value is -0.150. The van der Waals surface area contributed by atoms with Crippen molar-refractivity contribution < 1.29 is 4.39 Å². The summed E-state index contributed by atoms with van der Waals surface area (Å²) in [6.45, 7) is 1.24. The molecule has 1 fully saturated rings. The standard InChI is InChI=1S/C5H11FN2/c6-4-1-5(7)3-8-2-4/h4-5,8H,1-3,7H2/t4-,5-/m0/s1. The number of hydrogen-bond acceptors (Lipinski definition) is 2. The molecule has 1 saturated heterocycles. The van der Waals surface area contributed by atoms with Gasteiger partial charge in [-0.25, -0.2) is 4.39 Å². The summed E-state index contributed by atoms with van der Waals surface area (Å²) < 4.78 is 12.3. The van der Waals surface area contributed by atoms with E-state index in [1.54, 1.807) is 0 Å². The first-order valence-electron chi connectivity index (χ1n) is 2.89. The minimum absolute atomic E-state index is 0.0266. The molecule has 0 bridgehead atoms. The summed E-state index contributed by atoms with van der Waals surface area (Å²) in [5.41, 5.74) is 5.42. The maximum Gasteiger partial charge on any atom is 0.114 e. The quantitative estimate of drug-likeness (QED) is 0.456. The summed E-state index contributed by atoms with van der Waals surface area (Å²) in [6.07, 6.45) is -0.203. The zero-order valence-corrected chi connectivity index (χ0v) is 4.73. The van der Waals surface area contributed by atoms with Gasteiger partial charge >= 0.3 is 0 Å². The first-order valence-corrected chi connectivity index (χ1v) is 2.89. The van der Waals surface area contributed by atoms with Gasteiger partial charge < -0.3 is 11.1 Å². The Morgan fingerprint density at radius 3 is 2.62 bits per heavy atom. The second-order valence-corrected chi connectivity index (χ2v) is 2.25. The van der Waals surface area contributed by atoms with Crippen LogP contribution in [0.1, 0.15) is 6.42 Å². The Kier molecular flexibility index (Phi) is 1.81. The van der Waals surface area contributed by atoms with Crippen molar-refractivity contribution in [3.8, 4) is 0 Å². The first-order chi connectivity index (χ1) is 3.79. The molecule has 3 N–H and O–H groups in total. The highest BCUT2D eigenvalue weighted by Crippen LogP contribution is 2.03. The lowest BCUT2D eigenvalue weighted by Crippen LogP contribution is -2.44. The molecule has 2 atom stereocenters. The predicted octanol–water partition coefficient (Wildman–Crippen LogP) is -0.355. The number of halogens is 1. The second kappa shape index (κ2) is 2.42. The van der Waals surface area contributed by atoms with Crippen LogP contribution >= 0.6 is 0 Å². The van der Waals surface area contributed by atoms with Gasteiger partial charge in [-0.2, -0.15) is 0 Å². The molecule has 0 spiro atoms. The number of nitrogens with one attached hydrogen (secondary N) is 1. The molecule has 1 rings (SSSR count). The summed E-state index contributed by atoms with van der Waals surface area (Å²) >= 11 is 0. The maximum absolute atomic E-state index is 12.3. The molecule has 1 aliphatic heterocycles. The fourth-order valence-corrected chi connectivity index (χ4v) is 0.921. The number of nitrogens with two attached hydrogens (primary N) is 1. The molecule has 0 aromatic rings. The van der Waals surface area contributed by atoms with Crippen LogP contribution in [0.15, 0.2) is 0 Å². The van der Waals surface area contributed by atoms with Gasteiger partial charge in [-0.15, -0.1) is 0 Å². The highest BCUT2D eigenvalue weighted by molar-refractivity contribution is 4.77. The summed E-state index contributed by atoms with van der Waals surface area (Å²) in [7, 11) is 0. The van der Waals surface area contributed by atoms with Gasteiger partial charge in [0.2, 0.25) is 0 Å². The Bertz CT molecular complexity index is 68.8. The van der Waals surface area contributed by atoms with Gasteiger partial charge in [-0.05, 0) is 6.42 Å². The Balaban J connectivity index is 2.23. The van der Waals surface area contributed by atoms with Crippen LogP contribution in [0.4, 0.5) is 4.39 Å². The highest BCUT2D eigenvalue weighted by atomic mass is 19.1. The number of hydrogen-bond donors (Lipinski definition) is 2. The molecule has 0 aromatic carbocycles. The van der Waals surface area contributed by atoms with E-state index in [4.69, 9.17) is 5.73 Å². The average Bonchev–Trinajstić information content (AvgIpc) is 1.64. The lowest BCUT2D eigenvalue weighted by Gasteiger charge is -2.21. The molecule has 0 aliphatic carbocycles. The fourth-order valence-electron chi connectivity index (χ4n) is 0.921. The van der Waals surface area contributed by atoms with E-state index in [9.17, 15) is 4.39 Å². The zero-order chi connectivity index (χ0) is 5.98. The fraction of sp³-hybridized carbons (Fsp3) is 1.00. The summed E-state index contributed by atoms with van der Waals surface area (Å²) in [5.74, 6) is 0. The molecular weight excluding hydrogens is 107 g/mol. The Labute approximate surface area is 48.2 Å². The van der Waals surface area contributed by atoms with E-state index in [1.807, 2.05) is 0 Å². The van der Waals surface area contributed by atoms with Crippen molar-refractivity contribution in [3.05, 3.63) is 0 Å². The lowest BCUT2D eigenvalue weighted by molar-refractivity contribution is 0.248. The van der Waals surface area contributed by atoms with Crippen molar-refractivity contribution in [2.75, 3.05) is 13.1 Å². The summed E-state index contributed by atoms with van der Waals surface area (Å²) in [5, 5.41) is 2.88. The smallest absolute Gasteiger partial charge is 0.114 e. The van der Waals surface area contributed by atoms with Crippen molar-refractivity contribution in [2.45, 2.75) is 18.6 Å². The van der Waals surface area contributed by atoms with Crippen molar-refractivity contribution in [3.63, 3.8) is 0 Å². The zero-order valence-electron chi connectivity index (χ0n) is 4.73. The van der Waals surface area contributed by atoms with E-state index in [1.165, 1.54) is 0 Å². The lowest BCUT2D eigenvalue weighted by atomic mass is 10.1. The van der Waals surface area contributed by atoms with E-state index in [0.29, 0.717) is 13.0 Å². The molecule has 1 aliphatic rings. The Morgan fingerprint density at radius 2 is 2.25 bits per heavy atom. The molecule has 0 radical (unpaired) electrons. The third-order valence-electron chi connectivity index (χ3n) is 1.33. The molecule has 48 valence electrons. The van der Waals surface area contributed by atoms with E-state index >= 15 is 0 Å². The van der Waals surface area contributed by atoms with Crippen molar-refractivity contribution in [1.82, 2.24) is 5.32 Å². The van der Waals surface area contributed by atoms with E-state index in [-0.39, 0.29) is 6.04 Å². The normalized spacial score (nSPS) is 39.8. The first kappa shape index (κ1) is 5.98. The van der Waals surface area contributed by atoms with Gasteiger partial charge in [-0.1, -0.05) is 0 Å². The van der Waals surface area contributed by atoms with E-state index in [2.05, 4.69) is 5.32 Å². The molecule has 2 nitrogen and oxygen atoms in total. The van der Waals surface area contributed by atoms with Crippen LogP contribution in [0.5, 0.6) is 0 Å². The van der Waals surface area contributed by atoms with Crippen molar-refractivity contribution in [2.24, 2.45) is 5.73 Å². The molecule has 0 unspecified atom stereocenters. The van der Waals surface area contributed by atoms with E-state index < -0.39 is 6.17 Å². The number of piperidine rings is 1. The van der Waals surface area contributed by atoms with Crippen LogP contribution in [-0.4, -0.2) is 25.3 Å². The van der Waals surface area contributed by atoms with Crippen LogP contribution in [0.2, 0.25) is 0 Å². The van der Waals surface area contributed by atoms with Crippen LogP contribution in [0.3, 0.4) is 0 Å². The van der Waals surface area contributed by atoms with Crippen LogP contribution in [0, 0.1) is 0 Å². The molecule has 3 heteroatoms. The minimum atomic E-state index is -0.723. The SMILES string of the molecule is N[C@@H]1CNC[C@@H](F)C1. The third-order valence-corrected chi connectivity index (χ3v) is 1.33. The monoisotopic (exact) mass is 118 g/mol. The molecule has 0 amide bonds. The van der Waals surface area contributed by atoms with Crippen molar-refractivity contribution in [1.29, 1.82) is 0 Å². The summed E-state index contributed by atoms with van der Waals surface area (Å²) in [6, 6.07) is 0.0266. The van der Waals surface area contributed by atoms with Gasteiger partial charge in [0.1, 0.15) is 6.17 Å². The minimum Gasteiger partial charge on any atom is -0.326 e. The van der Waals surface area contributed by atoms with Crippen LogP contribution in [-0.2, 0) is 0 Å².